The third-order valence-corrected chi connectivity index (χ3v) is 3.01. The number of nitrogens with zero attached hydrogens (tertiary/aromatic N) is 2. The summed E-state index contributed by atoms with van der Waals surface area (Å²) in [5.41, 5.74) is 1.20. The Balaban J connectivity index is 1.72. The maximum absolute atomic E-state index is 5.81. The van der Waals surface area contributed by atoms with E-state index in [0.29, 0.717) is 11.7 Å². The molecule has 1 atom stereocenters. The Morgan fingerprint density at radius 1 is 1.39 bits per heavy atom. The van der Waals surface area contributed by atoms with Gasteiger partial charge in [-0.1, -0.05) is 23.4 Å². The molecule has 1 unspecified atom stereocenters. The Morgan fingerprint density at radius 3 is 3.11 bits per heavy atom. The van der Waals surface area contributed by atoms with Crippen molar-refractivity contribution in [2.24, 2.45) is 0 Å². The van der Waals surface area contributed by atoms with Crippen molar-refractivity contribution in [3.05, 3.63) is 41.5 Å². The average molecular weight is 245 g/mol. The van der Waals surface area contributed by atoms with Crippen LogP contribution in [0.3, 0.4) is 0 Å². The predicted octanol–water partition coefficient (Wildman–Crippen LogP) is 1.51. The quantitative estimate of drug-likeness (QED) is 0.884. The van der Waals surface area contributed by atoms with Crippen molar-refractivity contribution in [3.63, 3.8) is 0 Å². The first-order valence-electron chi connectivity index (χ1n) is 6.08. The van der Waals surface area contributed by atoms with Gasteiger partial charge in [-0.3, -0.25) is 0 Å². The van der Waals surface area contributed by atoms with Crippen LogP contribution in [0.5, 0.6) is 5.75 Å². The molecule has 0 saturated heterocycles. The lowest BCUT2D eigenvalue weighted by atomic mass is 10.1. The summed E-state index contributed by atoms with van der Waals surface area (Å²) in [4.78, 5) is 4.37. The second-order valence-electron chi connectivity index (χ2n) is 4.32. The van der Waals surface area contributed by atoms with E-state index in [1.165, 1.54) is 5.56 Å². The molecule has 18 heavy (non-hydrogen) atoms. The number of likely N-dealkylation sites (N-methyl/N-ethyl adjacent to an activating group) is 1. The Bertz CT molecular complexity index is 514. The molecule has 1 N–H and O–H groups in total. The first kappa shape index (κ1) is 11.2. The van der Waals surface area contributed by atoms with E-state index < -0.39 is 0 Å². The van der Waals surface area contributed by atoms with Gasteiger partial charge < -0.3 is 14.6 Å². The van der Waals surface area contributed by atoms with Gasteiger partial charge in [0.25, 0.3) is 0 Å². The van der Waals surface area contributed by atoms with E-state index in [9.17, 15) is 0 Å². The van der Waals surface area contributed by atoms with Crippen molar-refractivity contribution in [2.75, 3.05) is 13.6 Å². The van der Waals surface area contributed by atoms with E-state index in [1.54, 1.807) is 0 Å². The lowest BCUT2D eigenvalue weighted by molar-refractivity contribution is 0.221. The van der Waals surface area contributed by atoms with Crippen LogP contribution in [0.4, 0.5) is 0 Å². The van der Waals surface area contributed by atoms with E-state index in [1.807, 2.05) is 25.2 Å². The minimum absolute atomic E-state index is 0.116. The minimum atomic E-state index is -0.116. The lowest BCUT2D eigenvalue weighted by Crippen LogP contribution is -2.11. The summed E-state index contributed by atoms with van der Waals surface area (Å²) in [5.74, 6) is 2.21. The molecule has 0 bridgehead atoms. The highest BCUT2D eigenvalue weighted by Gasteiger charge is 2.27. The second-order valence-corrected chi connectivity index (χ2v) is 4.32. The number of hydrogen-bond donors (Lipinski definition) is 1. The Hall–Kier alpha value is -1.88. The summed E-state index contributed by atoms with van der Waals surface area (Å²) in [7, 11) is 1.90. The number of aromatic nitrogens is 2. The number of hydrogen-bond acceptors (Lipinski definition) is 5. The molecule has 94 valence electrons. The van der Waals surface area contributed by atoms with Crippen LogP contribution in [-0.4, -0.2) is 23.7 Å². The zero-order chi connectivity index (χ0) is 12.4. The molecule has 3 rings (SSSR count). The van der Waals surface area contributed by atoms with Gasteiger partial charge in [0, 0.05) is 19.4 Å². The van der Waals surface area contributed by atoms with Crippen molar-refractivity contribution in [2.45, 2.75) is 18.9 Å². The molecule has 0 radical (unpaired) electrons. The highest BCUT2D eigenvalue weighted by molar-refractivity contribution is 5.37. The summed E-state index contributed by atoms with van der Waals surface area (Å²) >= 11 is 0. The molecule has 1 aromatic carbocycles. The van der Waals surface area contributed by atoms with Gasteiger partial charge in [-0.05, 0) is 18.7 Å². The maximum Gasteiger partial charge on any atom is 0.228 e. The monoisotopic (exact) mass is 245 g/mol. The Labute approximate surface area is 105 Å². The number of nitrogens with one attached hydrogen (secondary N) is 1. The molecule has 0 amide bonds. The summed E-state index contributed by atoms with van der Waals surface area (Å²) in [5, 5.41) is 7.05. The molecule has 0 fully saturated rings. The predicted molar refractivity (Wildman–Crippen MR) is 65.4 cm³/mol. The topological polar surface area (TPSA) is 60.2 Å². The average Bonchev–Trinajstić information content (AvgIpc) is 3.02. The van der Waals surface area contributed by atoms with E-state index >= 15 is 0 Å². The summed E-state index contributed by atoms with van der Waals surface area (Å²) in [6, 6.07) is 8.02. The van der Waals surface area contributed by atoms with Crippen LogP contribution < -0.4 is 10.1 Å². The van der Waals surface area contributed by atoms with Gasteiger partial charge in [-0.15, -0.1) is 0 Å². The first-order chi connectivity index (χ1) is 8.86. The summed E-state index contributed by atoms with van der Waals surface area (Å²) in [6.07, 6.45) is 1.43. The molecular weight excluding hydrogens is 230 g/mol. The van der Waals surface area contributed by atoms with Crippen molar-refractivity contribution in [3.8, 4) is 5.75 Å². The van der Waals surface area contributed by atoms with Crippen molar-refractivity contribution < 1.29 is 9.26 Å². The molecule has 0 aliphatic carbocycles. The van der Waals surface area contributed by atoms with Crippen LogP contribution in [0.1, 0.15) is 23.4 Å². The van der Waals surface area contributed by atoms with Crippen LogP contribution in [0.25, 0.3) is 0 Å². The Morgan fingerprint density at radius 2 is 2.28 bits per heavy atom. The van der Waals surface area contributed by atoms with Crippen LogP contribution >= 0.6 is 0 Å². The molecular formula is C13H15N3O2. The zero-order valence-electron chi connectivity index (χ0n) is 10.2. The molecule has 5 heteroatoms. The minimum Gasteiger partial charge on any atom is -0.482 e. The lowest BCUT2D eigenvalue weighted by Gasteiger charge is -2.04. The largest absolute Gasteiger partial charge is 0.482 e. The smallest absolute Gasteiger partial charge is 0.228 e. The molecule has 0 saturated carbocycles. The van der Waals surface area contributed by atoms with Gasteiger partial charge in [0.15, 0.2) is 6.10 Å². The number of benzene rings is 1. The van der Waals surface area contributed by atoms with E-state index in [4.69, 9.17) is 9.26 Å². The van der Waals surface area contributed by atoms with Crippen LogP contribution in [-0.2, 0) is 12.8 Å². The summed E-state index contributed by atoms with van der Waals surface area (Å²) in [6.45, 7) is 0.827. The van der Waals surface area contributed by atoms with Crippen molar-refractivity contribution in [1.29, 1.82) is 0 Å². The highest BCUT2D eigenvalue weighted by Crippen LogP contribution is 2.35. The molecule has 0 spiro atoms. The molecule has 2 heterocycles. The third kappa shape index (κ3) is 2.09. The molecule has 5 nitrogen and oxygen atoms in total. The molecule has 1 aliphatic heterocycles. The maximum atomic E-state index is 5.81. The van der Waals surface area contributed by atoms with Gasteiger partial charge in [-0.2, -0.15) is 4.98 Å². The number of fused-ring (bicyclic) bond motifs is 1. The fraction of sp³-hybridized carbons (Fsp3) is 0.385. The number of rotatable bonds is 4. The van der Waals surface area contributed by atoms with Gasteiger partial charge >= 0.3 is 0 Å². The Kier molecular flexibility index (Phi) is 2.98. The van der Waals surface area contributed by atoms with E-state index in [2.05, 4.69) is 21.5 Å². The van der Waals surface area contributed by atoms with Crippen LogP contribution in [0.2, 0.25) is 0 Å². The fourth-order valence-corrected chi connectivity index (χ4v) is 2.06. The van der Waals surface area contributed by atoms with Gasteiger partial charge in [0.2, 0.25) is 11.7 Å². The zero-order valence-corrected chi connectivity index (χ0v) is 10.2. The van der Waals surface area contributed by atoms with Crippen molar-refractivity contribution in [1.82, 2.24) is 15.5 Å². The van der Waals surface area contributed by atoms with Crippen LogP contribution in [0.15, 0.2) is 28.8 Å². The normalized spacial score (nSPS) is 17.5. The highest BCUT2D eigenvalue weighted by atomic mass is 16.5. The second kappa shape index (κ2) is 4.78. The fourth-order valence-electron chi connectivity index (χ4n) is 2.06. The van der Waals surface area contributed by atoms with Gasteiger partial charge in [0.05, 0.1) is 0 Å². The number of ether oxygens (including phenoxy) is 1. The van der Waals surface area contributed by atoms with Gasteiger partial charge in [0.1, 0.15) is 5.75 Å². The van der Waals surface area contributed by atoms with Crippen molar-refractivity contribution >= 4 is 0 Å². The number of para-hydroxylation sites is 1. The SMILES string of the molecule is CNCCc1nc(C2Cc3ccccc3O2)no1. The molecule has 1 aliphatic rings. The molecule has 1 aromatic heterocycles. The van der Waals surface area contributed by atoms with Crippen LogP contribution in [0, 0.1) is 0 Å². The third-order valence-electron chi connectivity index (χ3n) is 3.01. The first-order valence-corrected chi connectivity index (χ1v) is 6.08. The molecule has 2 aromatic rings. The van der Waals surface area contributed by atoms with Gasteiger partial charge in [-0.25, -0.2) is 0 Å². The van der Waals surface area contributed by atoms with E-state index in [0.717, 1.165) is 25.1 Å². The standard InChI is InChI=1S/C13H15N3O2/c1-14-7-6-12-15-13(16-18-12)11-8-9-4-2-3-5-10(9)17-11/h2-5,11,14H,6-8H2,1H3. The summed E-state index contributed by atoms with van der Waals surface area (Å²) < 4.78 is 11.0. The van der Waals surface area contributed by atoms with E-state index in [-0.39, 0.29) is 6.10 Å².